The average Bonchev–Trinajstić information content (AvgIpc) is 3.21. The maximum Gasteiger partial charge on any atom is 0.277 e. The van der Waals surface area contributed by atoms with E-state index in [1.165, 1.54) is 0 Å². The molecule has 1 aromatic heterocycles. The van der Waals surface area contributed by atoms with E-state index in [2.05, 4.69) is 15.5 Å². The Balaban J connectivity index is 1.31. The Hall–Kier alpha value is -3.51. The number of hydrogen-bond donors (Lipinski definition) is 1. The van der Waals surface area contributed by atoms with Crippen LogP contribution in [-0.2, 0) is 4.79 Å². The van der Waals surface area contributed by atoms with Gasteiger partial charge in [-0.2, -0.15) is 5.26 Å². The highest BCUT2D eigenvalue weighted by Gasteiger charge is 2.27. The van der Waals surface area contributed by atoms with Crippen molar-refractivity contribution in [2.75, 3.05) is 17.7 Å². The van der Waals surface area contributed by atoms with Gasteiger partial charge in [0.15, 0.2) is 11.5 Å². The molecule has 28 heavy (non-hydrogen) atoms. The Bertz CT molecular complexity index is 1030. The molecule has 0 radical (unpaired) electrons. The van der Waals surface area contributed by atoms with Gasteiger partial charge in [-0.1, -0.05) is 23.9 Å². The van der Waals surface area contributed by atoms with Crippen molar-refractivity contribution < 1.29 is 18.7 Å². The first-order valence-corrected chi connectivity index (χ1v) is 9.34. The van der Waals surface area contributed by atoms with Gasteiger partial charge in [-0.3, -0.25) is 4.79 Å². The number of thioether (sulfide) groups is 1. The Morgan fingerprint density at radius 1 is 1.18 bits per heavy atom. The highest BCUT2D eigenvalue weighted by Crippen LogP contribution is 2.35. The minimum atomic E-state index is -0.496. The third-order valence-corrected chi connectivity index (χ3v) is 4.65. The van der Waals surface area contributed by atoms with Gasteiger partial charge in [-0.15, -0.1) is 10.2 Å². The van der Waals surface area contributed by atoms with Gasteiger partial charge in [0, 0.05) is 5.69 Å². The molecule has 8 nitrogen and oxygen atoms in total. The van der Waals surface area contributed by atoms with Gasteiger partial charge in [0.25, 0.3) is 11.1 Å². The molecule has 0 saturated carbocycles. The Kier molecular flexibility index (Phi) is 5.12. The number of anilines is 1. The molecule has 140 valence electrons. The molecule has 0 spiro atoms. The molecule has 2 aromatic carbocycles. The topological polar surface area (TPSA) is 110 Å². The summed E-state index contributed by atoms with van der Waals surface area (Å²) in [6, 6.07) is 16.0. The Labute approximate surface area is 164 Å². The van der Waals surface area contributed by atoms with Gasteiger partial charge in [-0.05, 0) is 36.4 Å². The summed E-state index contributed by atoms with van der Waals surface area (Å²) in [7, 11) is 0. The van der Waals surface area contributed by atoms with E-state index in [9.17, 15) is 4.79 Å². The van der Waals surface area contributed by atoms with Gasteiger partial charge in [0.1, 0.15) is 6.61 Å². The van der Waals surface area contributed by atoms with Crippen molar-refractivity contribution in [1.29, 1.82) is 5.26 Å². The van der Waals surface area contributed by atoms with E-state index >= 15 is 0 Å². The largest absolute Gasteiger partial charge is 0.485 e. The molecule has 1 amide bonds. The predicted octanol–water partition coefficient (Wildman–Crippen LogP) is 3.18. The molecule has 0 bridgehead atoms. The van der Waals surface area contributed by atoms with Crippen molar-refractivity contribution in [2.24, 2.45) is 0 Å². The minimum absolute atomic E-state index is 0.104. The predicted molar refractivity (Wildman–Crippen MR) is 100 cm³/mol. The second-order valence-electron chi connectivity index (χ2n) is 5.80. The second kappa shape index (κ2) is 8.02. The smallest absolute Gasteiger partial charge is 0.277 e. The van der Waals surface area contributed by atoms with Crippen molar-refractivity contribution in [2.45, 2.75) is 11.3 Å². The molecular weight excluding hydrogens is 380 g/mol. The van der Waals surface area contributed by atoms with E-state index in [4.69, 9.17) is 19.2 Å². The number of fused-ring (bicyclic) bond motifs is 1. The van der Waals surface area contributed by atoms with Crippen molar-refractivity contribution in [3.63, 3.8) is 0 Å². The number of carbonyl (C=O) groups excluding carboxylic acids is 1. The number of hydrogen-bond acceptors (Lipinski definition) is 8. The first-order valence-electron chi connectivity index (χ1n) is 8.36. The van der Waals surface area contributed by atoms with Crippen molar-refractivity contribution in [3.05, 3.63) is 60.0 Å². The van der Waals surface area contributed by atoms with E-state index < -0.39 is 6.10 Å². The van der Waals surface area contributed by atoms with Crippen LogP contribution in [0.2, 0.25) is 0 Å². The molecule has 9 heteroatoms. The van der Waals surface area contributed by atoms with Gasteiger partial charge in [-0.25, -0.2) is 0 Å². The van der Waals surface area contributed by atoms with Crippen LogP contribution in [0.25, 0.3) is 0 Å². The fourth-order valence-electron chi connectivity index (χ4n) is 2.50. The lowest BCUT2D eigenvalue weighted by molar-refractivity contribution is -0.113. The van der Waals surface area contributed by atoms with E-state index in [-0.39, 0.29) is 23.5 Å². The summed E-state index contributed by atoms with van der Waals surface area (Å²) in [4.78, 5) is 12.1. The number of amides is 1. The Morgan fingerprint density at radius 2 is 1.96 bits per heavy atom. The zero-order valence-corrected chi connectivity index (χ0v) is 15.3. The summed E-state index contributed by atoms with van der Waals surface area (Å²) in [5, 5.41) is 19.7. The van der Waals surface area contributed by atoms with E-state index in [0.717, 1.165) is 11.8 Å². The lowest BCUT2D eigenvalue weighted by Crippen LogP contribution is -2.21. The molecule has 3 aromatic rings. The van der Waals surface area contributed by atoms with Crippen molar-refractivity contribution in [3.8, 4) is 17.6 Å². The number of benzene rings is 2. The van der Waals surface area contributed by atoms with Gasteiger partial charge >= 0.3 is 0 Å². The lowest BCUT2D eigenvalue weighted by Gasteiger charge is -2.23. The van der Waals surface area contributed by atoms with E-state index in [0.29, 0.717) is 28.6 Å². The van der Waals surface area contributed by atoms with E-state index in [1.54, 1.807) is 30.3 Å². The highest BCUT2D eigenvalue weighted by molar-refractivity contribution is 7.99. The van der Waals surface area contributed by atoms with Crippen LogP contribution in [0.4, 0.5) is 5.69 Å². The molecule has 2 heterocycles. The summed E-state index contributed by atoms with van der Waals surface area (Å²) in [5.41, 5.74) is 1.14. The monoisotopic (exact) mass is 394 g/mol. The first kappa shape index (κ1) is 17.9. The fraction of sp³-hybridized carbons (Fsp3) is 0.158. The van der Waals surface area contributed by atoms with Crippen LogP contribution in [0.15, 0.2) is 58.2 Å². The first-order chi connectivity index (χ1) is 13.7. The number of ether oxygens (including phenoxy) is 2. The quantitative estimate of drug-likeness (QED) is 0.657. The summed E-state index contributed by atoms with van der Waals surface area (Å²) in [6.07, 6.45) is -0.496. The summed E-state index contributed by atoms with van der Waals surface area (Å²) in [6.45, 7) is 0.266. The van der Waals surface area contributed by atoms with Gasteiger partial charge in [0.05, 0.1) is 17.4 Å². The van der Waals surface area contributed by atoms with Gasteiger partial charge < -0.3 is 19.2 Å². The zero-order valence-electron chi connectivity index (χ0n) is 14.5. The molecule has 1 N–H and O–H groups in total. The molecule has 0 saturated heterocycles. The van der Waals surface area contributed by atoms with Crippen LogP contribution in [0, 0.1) is 11.3 Å². The number of rotatable bonds is 5. The molecule has 0 unspecified atom stereocenters. The number of para-hydroxylation sites is 2. The zero-order chi connectivity index (χ0) is 19.3. The van der Waals surface area contributed by atoms with Crippen LogP contribution in [0.5, 0.6) is 11.5 Å². The third kappa shape index (κ3) is 4.07. The number of nitrogens with one attached hydrogen (secondary N) is 1. The van der Waals surface area contributed by atoms with Crippen LogP contribution in [-0.4, -0.2) is 28.5 Å². The maximum absolute atomic E-state index is 12.1. The number of nitriles is 1. The molecule has 4 rings (SSSR count). The standard InChI is InChI=1S/C19H14N4O4S/c20-9-12-5-7-13(8-6-12)21-17(24)11-28-19-23-22-18(27-19)16-10-25-14-3-1-2-4-15(14)26-16/h1-8,16H,10-11H2,(H,21,24)/t16-/m1/s1. The second-order valence-corrected chi connectivity index (χ2v) is 6.72. The molecule has 1 atom stereocenters. The third-order valence-electron chi connectivity index (χ3n) is 3.83. The molecule has 0 fully saturated rings. The average molecular weight is 394 g/mol. The van der Waals surface area contributed by atoms with Crippen LogP contribution in [0.1, 0.15) is 17.6 Å². The normalized spacial score (nSPS) is 14.9. The molecule has 0 aliphatic carbocycles. The minimum Gasteiger partial charge on any atom is -0.485 e. The number of aromatic nitrogens is 2. The van der Waals surface area contributed by atoms with Crippen LogP contribution in [0.3, 0.4) is 0 Å². The van der Waals surface area contributed by atoms with E-state index in [1.807, 2.05) is 24.3 Å². The number of carbonyl (C=O) groups is 1. The van der Waals surface area contributed by atoms with Crippen LogP contribution < -0.4 is 14.8 Å². The summed E-state index contributed by atoms with van der Waals surface area (Å²) < 4.78 is 17.0. The molecule has 1 aliphatic rings. The summed E-state index contributed by atoms with van der Waals surface area (Å²) in [5.74, 6) is 1.47. The van der Waals surface area contributed by atoms with Crippen molar-refractivity contribution >= 4 is 23.4 Å². The van der Waals surface area contributed by atoms with Crippen molar-refractivity contribution in [1.82, 2.24) is 10.2 Å². The molecular formula is C19H14N4O4S. The lowest BCUT2D eigenvalue weighted by atomic mass is 10.2. The highest BCUT2D eigenvalue weighted by atomic mass is 32.2. The SMILES string of the molecule is N#Cc1ccc(NC(=O)CSc2nnc([C@H]3COc4ccccc4O3)o2)cc1. The summed E-state index contributed by atoms with van der Waals surface area (Å²) >= 11 is 1.12. The Morgan fingerprint density at radius 3 is 2.75 bits per heavy atom. The fourth-order valence-corrected chi connectivity index (χ4v) is 3.07. The van der Waals surface area contributed by atoms with Gasteiger partial charge in [0.2, 0.25) is 12.0 Å². The molecule has 1 aliphatic heterocycles. The van der Waals surface area contributed by atoms with Crippen LogP contribution >= 0.6 is 11.8 Å². The maximum atomic E-state index is 12.1. The number of nitrogens with zero attached hydrogens (tertiary/aromatic N) is 3.